The van der Waals surface area contributed by atoms with E-state index in [0.717, 1.165) is 33.8 Å². The molecule has 0 unspecified atom stereocenters. The number of aromatic nitrogens is 1. The Morgan fingerprint density at radius 1 is 0.951 bits per heavy atom. The molecule has 1 aromatic heterocycles. The molecule has 0 spiro atoms. The van der Waals surface area contributed by atoms with E-state index in [9.17, 15) is 19.1 Å². The first-order chi connectivity index (χ1) is 19.7. The van der Waals surface area contributed by atoms with Crippen molar-refractivity contribution in [3.05, 3.63) is 96.4 Å². The van der Waals surface area contributed by atoms with E-state index in [4.69, 9.17) is 4.74 Å². The summed E-state index contributed by atoms with van der Waals surface area (Å²) < 4.78 is 22.4. The molecule has 1 heterocycles. The number of benzene rings is 3. The summed E-state index contributed by atoms with van der Waals surface area (Å²) in [6.45, 7) is 5.85. The predicted molar refractivity (Wildman–Crippen MR) is 160 cm³/mol. The normalized spacial score (nSPS) is 12.1. The van der Waals surface area contributed by atoms with Crippen molar-refractivity contribution in [3.63, 3.8) is 0 Å². The number of ketones is 2. The lowest BCUT2D eigenvalue weighted by atomic mass is 9.99. The SMILES string of the molecule is CC(=O)CC(=O)C[C@H](O)CCn1c(-c2ccc(F)cc2)c(-c2ccccc2)c(OC=Nc2ccccc2)c1C(C)C. The highest BCUT2D eigenvalue weighted by molar-refractivity contribution is 5.98. The Hall–Kier alpha value is -4.36. The zero-order chi connectivity index (χ0) is 29.4. The molecule has 41 heavy (non-hydrogen) atoms. The van der Waals surface area contributed by atoms with Crippen molar-refractivity contribution in [2.24, 2.45) is 4.99 Å². The Morgan fingerprint density at radius 3 is 2.20 bits per heavy atom. The molecule has 0 aliphatic carbocycles. The molecule has 7 heteroatoms. The van der Waals surface area contributed by atoms with Crippen LogP contribution in [0.4, 0.5) is 10.1 Å². The summed E-state index contributed by atoms with van der Waals surface area (Å²) in [5, 5.41) is 10.7. The standard InChI is InChI=1S/C34H35FN2O4/c1-23(2)32-34(41-22-36-28-12-8-5-9-13-28)31(25-10-6-4-7-11-25)33(26-14-16-27(35)17-15-26)37(32)19-18-29(39)21-30(40)20-24(3)38/h4-17,22-23,29,39H,18-21H2,1-3H3/t29-/m1/s1. The molecule has 0 saturated carbocycles. The van der Waals surface area contributed by atoms with Crippen molar-refractivity contribution in [2.75, 3.05) is 0 Å². The molecule has 3 aromatic carbocycles. The molecule has 0 fully saturated rings. The minimum Gasteiger partial charge on any atom is -0.443 e. The van der Waals surface area contributed by atoms with E-state index in [1.807, 2.05) is 60.7 Å². The van der Waals surface area contributed by atoms with Crippen LogP contribution in [0.15, 0.2) is 89.9 Å². The topological polar surface area (TPSA) is 80.9 Å². The molecule has 0 saturated heterocycles. The van der Waals surface area contributed by atoms with E-state index >= 15 is 0 Å². The van der Waals surface area contributed by atoms with E-state index in [1.54, 1.807) is 12.1 Å². The lowest BCUT2D eigenvalue weighted by Gasteiger charge is -2.18. The maximum Gasteiger partial charge on any atom is 0.181 e. The van der Waals surface area contributed by atoms with Crippen LogP contribution in [0.2, 0.25) is 0 Å². The summed E-state index contributed by atoms with van der Waals surface area (Å²) in [4.78, 5) is 28.0. The van der Waals surface area contributed by atoms with Gasteiger partial charge in [-0.15, -0.1) is 0 Å². The van der Waals surface area contributed by atoms with Crippen LogP contribution in [0.25, 0.3) is 22.4 Å². The second-order valence-corrected chi connectivity index (χ2v) is 10.4. The molecule has 4 rings (SSSR count). The number of hydrogen-bond acceptors (Lipinski definition) is 5. The molecule has 1 atom stereocenters. The highest BCUT2D eigenvalue weighted by Gasteiger charge is 2.28. The highest BCUT2D eigenvalue weighted by atomic mass is 19.1. The van der Waals surface area contributed by atoms with Gasteiger partial charge in [0.05, 0.1) is 35.2 Å². The number of ether oxygens (including phenoxy) is 1. The minimum absolute atomic E-state index is 0.00303. The van der Waals surface area contributed by atoms with Crippen LogP contribution < -0.4 is 4.74 Å². The number of aliphatic imine (C=N–C) groups is 1. The van der Waals surface area contributed by atoms with E-state index in [0.29, 0.717) is 12.3 Å². The molecule has 0 amide bonds. The number of carbonyl (C=O) groups excluding carboxylic acids is 2. The van der Waals surface area contributed by atoms with Crippen LogP contribution in [0.5, 0.6) is 5.75 Å². The second-order valence-electron chi connectivity index (χ2n) is 10.4. The van der Waals surface area contributed by atoms with Gasteiger partial charge in [0.15, 0.2) is 12.2 Å². The molecular weight excluding hydrogens is 519 g/mol. The molecule has 0 bridgehead atoms. The molecular formula is C34H35FN2O4. The number of para-hydroxylation sites is 1. The van der Waals surface area contributed by atoms with Gasteiger partial charge in [-0.05, 0) is 66.8 Å². The summed E-state index contributed by atoms with van der Waals surface area (Å²) >= 11 is 0. The maximum atomic E-state index is 14.0. The third kappa shape index (κ3) is 7.64. The predicted octanol–water partition coefficient (Wildman–Crippen LogP) is 7.51. The quantitative estimate of drug-likeness (QED) is 0.105. The van der Waals surface area contributed by atoms with Crippen LogP contribution in [-0.2, 0) is 16.1 Å². The Labute approximate surface area is 240 Å². The van der Waals surface area contributed by atoms with E-state index in [-0.39, 0.29) is 42.6 Å². The average Bonchev–Trinajstić information content (AvgIpc) is 3.27. The van der Waals surface area contributed by atoms with Crippen LogP contribution >= 0.6 is 0 Å². The summed E-state index contributed by atoms with van der Waals surface area (Å²) in [5.74, 6) is -0.232. The van der Waals surface area contributed by atoms with Crippen molar-refractivity contribution < 1.29 is 23.8 Å². The number of aliphatic hydroxyl groups excluding tert-OH is 1. The largest absolute Gasteiger partial charge is 0.443 e. The van der Waals surface area contributed by atoms with Crippen LogP contribution in [0.1, 0.15) is 51.6 Å². The lowest BCUT2D eigenvalue weighted by molar-refractivity contribution is -0.127. The molecule has 0 aliphatic rings. The Kier molecular flexibility index (Phi) is 9.98. The number of aliphatic hydroxyl groups is 1. The van der Waals surface area contributed by atoms with Gasteiger partial charge in [0, 0.05) is 13.0 Å². The summed E-state index contributed by atoms with van der Waals surface area (Å²) in [6, 6.07) is 25.6. The first kappa shape index (κ1) is 29.6. The van der Waals surface area contributed by atoms with Gasteiger partial charge in [0.25, 0.3) is 0 Å². The third-order valence-electron chi connectivity index (χ3n) is 6.71. The van der Waals surface area contributed by atoms with E-state index in [2.05, 4.69) is 23.4 Å². The minimum atomic E-state index is -0.922. The van der Waals surface area contributed by atoms with Crippen molar-refractivity contribution >= 4 is 23.7 Å². The maximum absolute atomic E-state index is 14.0. The van der Waals surface area contributed by atoms with Crippen LogP contribution in [-0.4, -0.2) is 33.7 Å². The molecule has 0 radical (unpaired) electrons. The van der Waals surface area contributed by atoms with E-state index in [1.165, 1.54) is 25.5 Å². The zero-order valence-electron chi connectivity index (χ0n) is 23.6. The number of nitrogens with zero attached hydrogens (tertiary/aromatic N) is 2. The van der Waals surface area contributed by atoms with Gasteiger partial charge in [-0.25, -0.2) is 9.38 Å². The van der Waals surface area contributed by atoms with Gasteiger partial charge < -0.3 is 14.4 Å². The number of hydrogen-bond donors (Lipinski definition) is 1. The van der Waals surface area contributed by atoms with Crippen molar-refractivity contribution in [3.8, 4) is 28.1 Å². The molecule has 1 N–H and O–H groups in total. The van der Waals surface area contributed by atoms with Gasteiger partial charge in [-0.2, -0.15) is 0 Å². The van der Waals surface area contributed by atoms with Gasteiger partial charge in [-0.1, -0.05) is 62.4 Å². The summed E-state index contributed by atoms with van der Waals surface area (Å²) in [5.41, 5.74) is 4.95. The Balaban J connectivity index is 1.84. The fraction of sp³-hybridized carbons (Fsp3) is 0.265. The highest BCUT2D eigenvalue weighted by Crippen LogP contribution is 2.47. The third-order valence-corrected chi connectivity index (χ3v) is 6.71. The number of rotatable bonds is 13. The molecule has 212 valence electrons. The first-order valence-corrected chi connectivity index (χ1v) is 13.8. The van der Waals surface area contributed by atoms with E-state index < -0.39 is 6.10 Å². The summed E-state index contributed by atoms with van der Waals surface area (Å²) in [7, 11) is 0. The van der Waals surface area contributed by atoms with Crippen LogP contribution in [0, 0.1) is 5.82 Å². The second kappa shape index (κ2) is 13.8. The summed E-state index contributed by atoms with van der Waals surface area (Å²) in [6.07, 6.45) is 0.502. The van der Waals surface area contributed by atoms with Gasteiger partial charge >= 0.3 is 0 Å². The Bertz CT molecular complexity index is 1490. The average molecular weight is 555 g/mol. The monoisotopic (exact) mass is 554 g/mol. The zero-order valence-corrected chi connectivity index (χ0v) is 23.6. The van der Waals surface area contributed by atoms with Gasteiger partial charge in [-0.3, -0.25) is 9.59 Å². The van der Waals surface area contributed by atoms with Gasteiger partial charge in [0.2, 0.25) is 0 Å². The smallest absolute Gasteiger partial charge is 0.181 e. The fourth-order valence-electron chi connectivity index (χ4n) is 4.97. The number of carbonyl (C=O) groups is 2. The van der Waals surface area contributed by atoms with Gasteiger partial charge in [0.1, 0.15) is 17.4 Å². The van der Waals surface area contributed by atoms with Crippen molar-refractivity contribution in [1.29, 1.82) is 0 Å². The number of Topliss-reactive ketones (excluding diaryl/α,β-unsaturated/α-hetero) is 2. The van der Waals surface area contributed by atoms with Crippen molar-refractivity contribution in [2.45, 2.75) is 58.6 Å². The Morgan fingerprint density at radius 2 is 1.59 bits per heavy atom. The van der Waals surface area contributed by atoms with Crippen LogP contribution in [0.3, 0.4) is 0 Å². The number of halogens is 1. The fourth-order valence-corrected chi connectivity index (χ4v) is 4.97. The van der Waals surface area contributed by atoms with Crippen molar-refractivity contribution in [1.82, 2.24) is 4.57 Å². The molecule has 6 nitrogen and oxygen atoms in total. The molecule has 0 aliphatic heterocycles. The lowest BCUT2D eigenvalue weighted by Crippen LogP contribution is -2.18. The first-order valence-electron chi connectivity index (χ1n) is 13.8. The molecule has 4 aromatic rings.